The number of hydrogen-bond acceptors (Lipinski definition) is 2. The zero-order valence-corrected chi connectivity index (χ0v) is 13.7. The van der Waals surface area contributed by atoms with Crippen molar-refractivity contribution in [1.29, 1.82) is 0 Å². The first-order valence-corrected chi connectivity index (χ1v) is 7.98. The number of hydroxylamine groups is 2. The Hall–Kier alpha value is -0.340. The van der Waals surface area contributed by atoms with Crippen LogP contribution in [0.2, 0.25) is 0 Å². The number of unbranched alkanes of at least 4 members (excludes halogenated alkanes) is 3. The predicted molar refractivity (Wildman–Crippen MR) is 83.1 cm³/mol. The van der Waals surface area contributed by atoms with Gasteiger partial charge in [0.25, 0.3) is 0 Å². The fraction of sp³-hybridized carbons (Fsp3) is 0.882. The minimum Gasteiger partial charge on any atom is -0.294 e. The van der Waals surface area contributed by atoms with Crippen LogP contribution in [0.5, 0.6) is 0 Å². The van der Waals surface area contributed by atoms with Crippen LogP contribution in [-0.4, -0.2) is 22.7 Å². The van der Waals surface area contributed by atoms with Gasteiger partial charge in [0.05, 0.1) is 6.61 Å². The molecule has 19 heavy (non-hydrogen) atoms. The van der Waals surface area contributed by atoms with Gasteiger partial charge in [-0.3, -0.25) is 4.84 Å². The van der Waals surface area contributed by atoms with Gasteiger partial charge >= 0.3 is 0 Å². The van der Waals surface area contributed by atoms with Crippen molar-refractivity contribution in [3.63, 3.8) is 0 Å². The molecule has 1 rings (SSSR count). The Labute approximate surface area is 120 Å². The fourth-order valence-electron chi connectivity index (χ4n) is 3.14. The van der Waals surface area contributed by atoms with E-state index in [-0.39, 0.29) is 11.1 Å². The lowest BCUT2D eigenvalue weighted by Crippen LogP contribution is -2.58. The Bertz CT molecular complexity index is 265. The van der Waals surface area contributed by atoms with E-state index in [0.717, 1.165) is 0 Å². The van der Waals surface area contributed by atoms with Gasteiger partial charge in [0.15, 0.2) is 0 Å². The molecule has 2 nitrogen and oxygen atoms in total. The highest BCUT2D eigenvalue weighted by Gasteiger charge is 2.42. The first kappa shape index (κ1) is 16.7. The highest BCUT2D eigenvalue weighted by atomic mass is 16.7. The molecule has 0 N–H and O–H groups in total. The number of rotatable bonds is 7. The van der Waals surface area contributed by atoms with Crippen LogP contribution in [0.15, 0.2) is 12.2 Å². The normalized spacial score (nSPS) is 23.0. The molecule has 0 amide bonds. The van der Waals surface area contributed by atoms with Gasteiger partial charge in [0.1, 0.15) is 0 Å². The summed E-state index contributed by atoms with van der Waals surface area (Å²) in [5, 5.41) is 2.24. The third kappa shape index (κ3) is 5.27. The van der Waals surface area contributed by atoms with Crippen LogP contribution in [0.4, 0.5) is 0 Å². The fourth-order valence-corrected chi connectivity index (χ4v) is 3.14. The highest BCUT2D eigenvalue weighted by Crippen LogP contribution is 2.38. The Morgan fingerprint density at radius 1 is 1.00 bits per heavy atom. The number of nitrogens with zero attached hydrogens (tertiary/aromatic N) is 1. The summed E-state index contributed by atoms with van der Waals surface area (Å²) in [6.45, 7) is 12.1. The molecule has 0 aromatic rings. The topological polar surface area (TPSA) is 12.5 Å². The zero-order valence-electron chi connectivity index (χ0n) is 13.7. The van der Waals surface area contributed by atoms with Gasteiger partial charge in [-0.1, -0.05) is 31.9 Å². The van der Waals surface area contributed by atoms with E-state index in [1.807, 2.05) is 0 Å². The van der Waals surface area contributed by atoms with Crippen LogP contribution < -0.4 is 0 Å². The maximum absolute atomic E-state index is 6.07. The first-order valence-electron chi connectivity index (χ1n) is 7.98. The van der Waals surface area contributed by atoms with E-state index in [4.69, 9.17) is 4.84 Å². The monoisotopic (exact) mass is 267 g/mol. The van der Waals surface area contributed by atoms with Crippen molar-refractivity contribution in [2.75, 3.05) is 6.61 Å². The zero-order chi connectivity index (χ0) is 14.4. The standard InChI is InChI=1S/C17H33NO/c1-6-7-8-9-10-11-15-19-18-16(2,3)13-12-14-17(18,4)5/h10-11H,6-9,12-15H2,1-5H3. The molecule has 1 aliphatic heterocycles. The lowest BCUT2D eigenvalue weighted by atomic mass is 9.82. The molecule has 112 valence electrons. The average molecular weight is 267 g/mol. The van der Waals surface area contributed by atoms with Gasteiger partial charge in [-0.05, 0) is 59.8 Å². The third-order valence-corrected chi connectivity index (χ3v) is 4.12. The maximum atomic E-state index is 6.07. The summed E-state index contributed by atoms with van der Waals surface area (Å²) in [5.41, 5.74) is 0.301. The SMILES string of the molecule is CCCCCC=CCON1C(C)(C)CCCC1(C)C. The molecular weight excluding hydrogens is 234 g/mol. The van der Waals surface area contributed by atoms with Gasteiger partial charge in [-0.15, -0.1) is 0 Å². The van der Waals surface area contributed by atoms with Crippen molar-refractivity contribution >= 4 is 0 Å². The summed E-state index contributed by atoms with van der Waals surface area (Å²) < 4.78 is 0. The van der Waals surface area contributed by atoms with Crippen molar-refractivity contribution in [3.05, 3.63) is 12.2 Å². The molecule has 0 saturated carbocycles. The summed E-state index contributed by atoms with van der Waals surface area (Å²) in [5.74, 6) is 0. The van der Waals surface area contributed by atoms with Gasteiger partial charge in [-0.2, -0.15) is 5.06 Å². The molecule has 0 aliphatic carbocycles. The van der Waals surface area contributed by atoms with Crippen molar-refractivity contribution in [2.45, 2.75) is 90.6 Å². The molecule has 1 saturated heterocycles. The van der Waals surface area contributed by atoms with E-state index < -0.39 is 0 Å². The molecule has 0 unspecified atom stereocenters. The lowest BCUT2D eigenvalue weighted by molar-refractivity contribution is -0.274. The van der Waals surface area contributed by atoms with Gasteiger partial charge < -0.3 is 0 Å². The molecule has 1 fully saturated rings. The van der Waals surface area contributed by atoms with Crippen molar-refractivity contribution in [2.24, 2.45) is 0 Å². The van der Waals surface area contributed by atoms with E-state index in [9.17, 15) is 0 Å². The van der Waals surface area contributed by atoms with Crippen molar-refractivity contribution < 1.29 is 4.84 Å². The summed E-state index contributed by atoms with van der Waals surface area (Å²) in [6.07, 6.45) is 13.3. The maximum Gasteiger partial charge on any atom is 0.0867 e. The van der Waals surface area contributed by atoms with Crippen LogP contribution >= 0.6 is 0 Å². The lowest BCUT2D eigenvalue weighted by Gasteiger charge is -2.51. The summed E-state index contributed by atoms with van der Waals surface area (Å²) in [6, 6.07) is 0. The van der Waals surface area contributed by atoms with E-state index in [1.54, 1.807) is 0 Å². The van der Waals surface area contributed by atoms with E-state index in [1.165, 1.54) is 44.9 Å². The number of hydrogen-bond donors (Lipinski definition) is 0. The molecule has 0 spiro atoms. The Kier molecular flexibility index (Phi) is 6.55. The Morgan fingerprint density at radius 3 is 2.21 bits per heavy atom. The Balaban J connectivity index is 2.37. The van der Waals surface area contributed by atoms with Gasteiger partial charge in [0.2, 0.25) is 0 Å². The molecule has 0 atom stereocenters. The second kappa shape index (κ2) is 7.44. The molecule has 0 bridgehead atoms. The second-order valence-electron chi connectivity index (χ2n) is 7.04. The van der Waals surface area contributed by atoms with Crippen LogP contribution in [0, 0.1) is 0 Å². The van der Waals surface area contributed by atoms with Crippen LogP contribution in [0.1, 0.15) is 79.6 Å². The average Bonchev–Trinajstić information content (AvgIpc) is 2.30. The second-order valence-corrected chi connectivity index (χ2v) is 7.04. The van der Waals surface area contributed by atoms with Crippen molar-refractivity contribution in [1.82, 2.24) is 5.06 Å². The van der Waals surface area contributed by atoms with E-state index in [2.05, 4.69) is 51.8 Å². The van der Waals surface area contributed by atoms with Crippen LogP contribution in [-0.2, 0) is 4.84 Å². The van der Waals surface area contributed by atoms with Crippen molar-refractivity contribution in [3.8, 4) is 0 Å². The van der Waals surface area contributed by atoms with Crippen LogP contribution in [0.3, 0.4) is 0 Å². The highest BCUT2D eigenvalue weighted by molar-refractivity contribution is 4.93. The van der Waals surface area contributed by atoms with Crippen LogP contribution in [0.25, 0.3) is 0 Å². The summed E-state index contributed by atoms with van der Waals surface area (Å²) in [4.78, 5) is 6.07. The Morgan fingerprint density at radius 2 is 1.63 bits per heavy atom. The molecular formula is C17H33NO. The predicted octanol–water partition coefficient (Wildman–Crippen LogP) is 5.10. The molecule has 0 aromatic carbocycles. The number of allylic oxidation sites excluding steroid dienone is 1. The molecule has 2 heteroatoms. The molecule has 0 radical (unpaired) electrons. The van der Waals surface area contributed by atoms with Gasteiger partial charge in [0, 0.05) is 11.1 Å². The summed E-state index contributed by atoms with van der Waals surface area (Å²) in [7, 11) is 0. The third-order valence-electron chi connectivity index (χ3n) is 4.12. The van der Waals surface area contributed by atoms with Gasteiger partial charge in [-0.25, -0.2) is 0 Å². The molecule has 0 aromatic heterocycles. The minimum absolute atomic E-state index is 0.151. The summed E-state index contributed by atoms with van der Waals surface area (Å²) >= 11 is 0. The van der Waals surface area contributed by atoms with E-state index in [0.29, 0.717) is 6.61 Å². The smallest absolute Gasteiger partial charge is 0.0867 e. The molecule has 1 aliphatic rings. The quantitative estimate of drug-likeness (QED) is 0.470. The molecule has 1 heterocycles. The number of piperidine rings is 1. The van der Waals surface area contributed by atoms with E-state index >= 15 is 0 Å². The largest absolute Gasteiger partial charge is 0.294 e. The minimum atomic E-state index is 0.151. The first-order chi connectivity index (χ1) is 8.90.